The first-order valence-electron chi connectivity index (χ1n) is 9.03. The fraction of sp³-hybridized carbons (Fsp3) is 0.350. The van der Waals surface area contributed by atoms with Crippen molar-refractivity contribution in [3.8, 4) is 5.82 Å². The molecule has 3 heterocycles. The zero-order chi connectivity index (χ0) is 19.2. The topological polar surface area (TPSA) is 67.1 Å². The van der Waals surface area contributed by atoms with Gasteiger partial charge in [0.25, 0.3) is 0 Å². The van der Waals surface area contributed by atoms with Gasteiger partial charge in [0.1, 0.15) is 0 Å². The smallest absolute Gasteiger partial charge is 0.191 e. The van der Waals surface area contributed by atoms with E-state index in [0.29, 0.717) is 12.5 Å². The number of nitrogens with one attached hydrogen (secondary N) is 2. The molecule has 0 spiro atoms. The van der Waals surface area contributed by atoms with Gasteiger partial charge < -0.3 is 10.6 Å². The average Bonchev–Trinajstić information content (AvgIpc) is 3.32. The molecule has 0 fully saturated rings. The molecule has 1 unspecified atom stereocenters. The molecule has 0 radical (unpaired) electrons. The predicted molar refractivity (Wildman–Crippen MR) is 127 cm³/mol. The Hall–Kier alpha value is -1.94. The maximum Gasteiger partial charge on any atom is 0.191 e. The Bertz CT molecular complexity index is 886. The number of thiophene rings is 1. The first-order valence-corrected chi connectivity index (χ1v) is 9.91. The van der Waals surface area contributed by atoms with Crippen molar-refractivity contribution in [2.24, 2.45) is 4.99 Å². The van der Waals surface area contributed by atoms with Gasteiger partial charge in [0.2, 0.25) is 0 Å². The van der Waals surface area contributed by atoms with Crippen molar-refractivity contribution in [2.45, 2.75) is 33.2 Å². The van der Waals surface area contributed by atoms with E-state index in [0.717, 1.165) is 35.3 Å². The van der Waals surface area contributed by atoms with Crippen molar-refractivity contribution < 1.29 is 0 Å². The van der Waals surface area contributed by atoms with Crippen molar-refractivity contribution in [3.63, 3.8) is 0 Å². The molecule has 150 valence electrons. The fourth-order valence-corrected chi connectivity index (χ4v) is 3.62. The van der Waals surface area contributed by atoms with Gasteiger partial charge in [-0.2, -0.15) is 5.10 Å². The van der Waals surface area contributed by atoms with E-state index in [9.17, 15) is 0 Å². The van der Waals surface area contributed by atoms with Crippen LogP contribution in [-0.4, -0.2) is 34.3 Å². The Labute approximate surface area is 187 Å². The summed E-state index contributed by atoms with van der Waals surface area (Å²) in [6.07, 6.45) is 1.88. The molecule has 2 N–H and O–H groups in total. The SMILES string of the molecule is CN=C(NCc1ccc(-n2nc(C)cc2C)nc1)NCC(C)c1cccs1.I. The first kappa shape index (κ1) is 22.4. The van der Waals surface area contributed by atoms with Gasteiger partial charge in [-0.05, 0) is 43.0 Å². The first-order chi connectivity index (χ1) is 13.1. The maximum atomic E-state index is 4.54. The maximum absolute atomic E-state index is 4.54. The number of nitrogens with zero attached hydrogens (tertiary/aromatic N) is 4. The zero-order valence-electron chi connectivity index (χ0n) is 16.6. The second-order valence-corrected chi connectivity index (χ2v) is 7.57. The van der Waals surface area contributed by atoms with Crippen LogP contribution in [0.5, 0.6) is 0 Å². The van der Waals surface area contributed by atoms with Crippen molar-refractivity contribution in [3.05, 3.63) is 63.7 Å². The van der Waals surface area contributed by atoms with Crippen LogP contribution in [0.1, 0.15) is 34.7 Å². The van der Waals surface area contributed by atoms with Crippen molar-refractivity contribution in [2.75, 3.05) is 13.6 Å². The summed E-state index contributed by atoms with van der Waals surface area (Å²) in [5, 5.41) is 13.3. The number of guanidine groups is 1. The van der Waals surface area contributed by atoms with Crippen LogP contribution in [0.2, 0.25) is 0 Å². The molecule has 8 heteroatoms. The Morgan fingerprint density at radius 1 is 1.25 bits per heavy atom. The van der Waals surface area contributed by atoms with Gasteiger partial charge in [0, 0.05) is 42.8 Å². The summed E-state index contributed by atoms with van der Waals surface area (Å²) < 4.78 is 1.86. The lowest BCUT2D eigenvalue weighted by atomic mass is 10.1. The highest BCUT2D eigenvalue weighted by atomic mass is 127. The molecule has 0 aliphatic rings. The van der Waals surface area contributed by atoms with Crippen LogP contribution in [0.4, 0.5) is 0 Å². The van der Waals surface area contributed by atoms with Crippen LogP contribution < -0.4 is 10.6 Å². The van der Waals surface area contributed by atoms with Gasteiger partial charge in [-0.1, -0.05) is 19.1 Å². The summed E-state index contributed by atoms with van der Waals surface area (Å²) in [4.78, 5) is 10.2. The highest BCUT2D eigenvalue weighted by Gasteiger charge is 2.08. The Kier molecular flexibility index (Phi) is 8.43. The number of aryl methyl sites for hydroxylation is 2. The molecule has 0 aliphatic heterocycles. The van der Waals surface area contributed by atoms with Crippen LogP contribution in [0.15, 0.2) is 46.9 Å². The standard InChI is InChI=1S/C20H26N6S.HI/c1-14(18-6-5-9-27-18)11-23-20(21-4)24-13-17-7-8-19(22-12-17)26-16(3)10-15(2)25-26;/h5-10,12,14H,11,13H2,1-4H3,(H2,21,23,24);1H. The zero-order valence-corrected chi connectivity index (χ0v) is 19.8. The van der Waals surface area contributed by atoms with Crippen molar-refractivity contribution >= 4 is 41.3 Å². The predicted octanol–water partition coefficient (Wildman–Crippen LogP) is 4.03. The minimum absolute atomic E-state index is 0. The molecular formula is C20H27IN6S. The summed E-state index contributed by atoms with van der Waals surface area (Å²) in [6, 6.07) is 10.4. The molecule has 0 aromatic carbocycles. The molecule has 0 saturated carbocycles. The lowest BCUT2D eigenvalue weighted by Crippen LogP contribution is -2.38. The Balaban J connectivity index is 0.00000280. The summed E-state index contributed by atoms with van der Waals surface area (Å²) in [6.45, 7) is 7.74. The van der Waals surface area contributed by atoms with E-state index in [1.807, 2.05) is 36.9 Å². The lowest BCUT2D eigenvalue weighted by Gasteiger charge is -2.15. The van der Waals surface area contributed by atoms with Gasteiger partial charge in [0.15, 0.2) is 11.8 Å². The minimum atomic E-state index is 0. The van der Waals surface area contributed by atoms with E-state index in [4.69, 9.17) is 0 Å². The van der Waals surface area contributed by atoms with Crippen LogP contribution in [0, 0.1) is 13.8 Å². The number of hydrogen-bond donors (Lipinski definition) is 2. The highest BCUT2D eigenvalue weighted by molar-refractivity contribution is 14.0. The van der Waals surface area contributed by atoms with Crippen LogP contribution >= 0.6 is 35.3 Å². The highest BCUT2D eigenvalue weighted by Crippen LogP contribution is 2.19. The molecule has 3 rings (SSSR count). The summed E-state index contributed by atoms with van der Waals surface area (Å²) >= 11 is 1.79. The fourth-order valence-electron chi connectivity index (χ4n) is 2.84. The van der Waals surface area contributed by atoms with E-state index in [1.165, 1.54) is 4.88 Å². The monoisotopic (exact) mass is 510 g/mol. The van der Waals surface area contributed by atoms with E-state index in [-0.39, 0.29) is 24.0 Å². The van der Waals surface area contributed by atoms with Crippen molar-refractivity contribution in [1.29, 1.82) is 0 Å². The molecule has 1 atom stereocenters. The molecular weight excluding hydrogens is 483 g/mol. The Morgan fingerprint density at radius 2 is 2.07 bits per heavy atom. The third-order valence-corrected chi connectivity index (χ3v) is 5.43. The van der Waals surface area contributed by atoms with Crippen molar-refractivity contribution in [1.82, 2.24) is 25.4 Å². The number of rotatable bonds is 6. The van der Waals surface area contributed by atoms with Crippen LogP contribution in [0.25, 0.3) is 5.82 Å². The molecule has 0 aliphatic carbocycles. The normalized spacial score (nSPS) is 12.4. The number of pyridine rings is 1. The number of aromatic nitrogens is 3. The second kappa shape index (κ2) is 10.6. The van der Waals surface area contributed by atoms with Gasteiger partial charge in [0.05, 0.1) is 5.69 Å². The molecule has 0 bridgehead atoms. The molecule has 6 nitrogen and oxygen atoms in total. The molecule has 3 aromatic rings. The molecule has 0 amide bonds. The largest absolute Gasteiger partial charge is 0.356 e. The minimum Gasteiger partial charge on any atom is -0.356 e. The van der Waals surface area contributed by atoms with Gasteiger partial charge >= 0.3 is 0 Å². The van der Waals surface area contributed by atoms with Gasteiger partial charge in [-0.15, -0.1) is 35.3 Å². The molecule has 28 heavy (non-hydrogen) atoms. The average molecular weight is 510 g/mol. The quantitative estimate of drug-likeness (QED) is 0.299. The van der Waals surface area contributed by atoms with Crippen LogP contribution in [0.3, 0.4) is 0 Å². The third-order valence-electron chi connectivity index (χ3n) is 4.32. The van der Waals surface area contributed by atoms with E-state index >= 15 is 0 Å². The number of hydrogen-bond acceptors (Lipinski definition) is 4. The summed E-state index contributed by atoms with van der Waals surface area (Å²) in [7, 11) is 1.79. The van der Waals surface area contributed by atoms with E-state index in [2.05, 4.69) is 56.2 Å². The molecule has 3 aromatic heterocycles. The van der Waals surface area contributed by atoms with Gasteiger partial charge in [-0.25, -0.2) is 9.67 Å². The second-order valence-electron chi connectivity index (χ2n) is 6.59. The van der Waals surface area contributed by atoms with Crippen LogP contribution in [-0.2, 0) is 6.54 Å². The molecule has 0 saturated heterocycles. The summed E-state index contributed by atoms with van der Waals surface area (Å²) in [5.41, 5.74) is 3.16. The number of aliphatic imine (C=N–C) groups is 1. The lowest BCUT2D eigenvalue weighted by molar-refractivity contribution is 0.707. The summed E-state index contributed by atoms with van der Waals surface area (Å²) in [5.74, 6) is 2.07. The van der Waals surface area contributed by atoms with Gasteiger partial charge in [-0.3, -0.25) is 4.99 Å². The Morgan fingerprint density at radius 3 is 2.64 bits per heavy atom. The van der Waals surface area contributed by atoms with E-state index < -0.39 is 0 Å². The van der Waals surface area contributed by atoms with E-state index in [1.54, 1.807) is 18.4 Å². The third kappa shape index (κ3) is 5.78. The number of halogens is 1.